The molecule has 0 radical (unpaired) electrons. The van der Waals surface area contributed by atoms with Crippen molar-refractivity contribution >= 4 is 23.7 Å². The van der Waals surface area contributed by atoms with Crippen molar-refractivity contribution in [3.8, 4) is 0 Å². The molecule has 3 heterocycles. The smallest absolute Gasteiger partial charge is 0.332 e. The monoisotopic (exact) mass is 927 g/mol. The molecule has 1 aromatic heterocycles. The molecular weight excluding hydrogens is 862 g/mol. The van der Waals surface area contributed by atoms with Gasteiger partial charge in [0.15, 0.2) is 18.7 Å². The molecule has 0 spiro atoms. The fraction of sp³-hybridized carbons (Fsp3) is 0.810. The molecule has 2 aliphatic heterocycles. The van der Waals surface area contributed by atoms with Gasteiger partial charge in [-0.25, -0.2) is 9.59 Å². The van der Waals surface area contributed by atoms with E-state index in [4.69, 9.17) is 23.7 Å². The molecule has 3 amide bonds. The van der Waals surface area contributed by atoms with Gasteiger partial charge in [0.1, 0.15) is 42.3 Å². The first kappa shape index (κ1) is 50.5. The van der Waals surface area contributed by atoms with E-state index in [1.54, 1.807) is 0 Å². The van der Waals surface area contributed by atoms with E-state index >= 15 is 0 Å². The minimum absolute atomic E-state index is 0.000437. The molecule has 3 saturated carbocycles. The number of aromatic amines is 2. The number of rotatable bonds is 17. The Bertz CT molecular complexity index is 1840. The van der Waals surface area contributed by atoms with Crippen LogP contribution in [0, 0.1) is 17.8 Å². The van der Waals surface area contributed by atoms with Crippen molar-refractivity contribution in [1.29, 1.82) is 0 Å². The zero-order chi connectivity index (χ0) is 46.9. The van der Waals surface area contributed by atoms with Crippen LogP contribution in [0.1, 0.15) is 101 Å². The molecule has 5 aliphatic rings. The molecule has 2 saturated heterocycles. The molecule has 6 rings (SSSR count). The summed E-state index contributed by atoms with van der Waals surface area (Å²) in [4.78, 5) is 81.5. The second-order valence-electron chi connectivity index (χ2n) is 18.0. The third-order valence-electron chi connectivity index (χ3n) is 13.3. The minimum atomic E-state index is -1.84. The van der Waals surface area contributed by atoms with Gasteiger partial charge in [0.25, 0.3) is 11.5 Å². The van der Waals surface area contributed by atoms with Crippen LogP contribution in [-0.2, 0) is 38.1 Å². The minimum Gasteiger partial charge on any atom is -0.479 e. The highest BCUT2D eigenvalue weighted by Gasteiger charge is 2.50. The summed E-state index contributed by atoms with van der Waals surface area (Å²) in [5.41, 5.74) is -2.33. The molecule has 14 atom stereocenters. The largest absolute Gasteiger partial charge is 0.479 e. The summed E-state index contributed by atoms with van der Waals surface area (Å²) in [7, 11) is 0. The maximum atomic E-state index is 14.0. The summed E-state index contributed by atoms with van der Waals surface area (Å²) in [6, 6.07) is -0.433. The normalized spacial score (nSPS) is 36.3. The Hall–Kier alpha value is -3.88. The van der Waals surface area contributed by atoms with Crippen molar-refractivity contribution in [3.05, 3.63) is 32.6 Å². The van der Waals surface area contributed by atoms with Gasteiger partial charge in [-0.2, -0.15) is 0 Å². The van der Waals surface area contributed by atoms with Crippen LogP contribution in [0.15, 0.2) is 15.7 Å². The Morgan fingerprint density at radius 2 is 1.46 bits per heavy atom. The number of H-pyrrole nitrogens is 2. The lowest BCUT2D eigenvalue weighted by Gasteiger charge is -2.47. The van der Waals surface area contributed by atoms with E-state index < -0.39 is 133 Å². The molecule has 23 heteroatoms. The van der Waals surface area contributed by atoms with Gasteiger partial charge < -0.3 is 80.4 Å². The molecular formula is C42H65N5O18. The van der Waals surface area contributed by atoms with Crippen LogP contribution < -0.4 is 27.2 Å². The van der Waals surface area contributed by atoms with E-state index in [0.717, 1.165) is 38.2 Å². The van der Waals surface area contributed by atoms with Crippen LogP contribution >= 0.6 is 0 Å². The average Bonchev–Trinajstić information content (AvgIpc) is 3.27. The van der Waals surface area contributed by atoms with E-state index in [0.29, 0.717) is 25.7 Å². The third-order valence-corrected chi connectivity index (χ3v) is 13.3. The first-order valence-electron chi connectivity index (χ1n) is 22.7. The van der Waals surface area contributed by atoms with Crippen molar-refractivity contribution in [2.45, 2.75) is 176 Å². The Morgan fingerprint density at radius 1 is 0.785 bits per heavy atom. The second-order valence-corrected chi connectivity index (χ2v) is 18.0. The average molecular weight is 928 g/mol. The molecule has 0 aromatic carbocycles. The lowest BCUT2D eigenvalue weighted by Crippen LogP contribution is -2.63. The summed E-state index contributed by atoms with van der Waals surface area (Å²) in [6.45, 7) is 0.759. The standard InChI is InChI=1S/C42H65N5O18/c1-19-32(51)34(53)35(54)41(61-19)65-36-24(45-39(57)25-16-30(50)47-42(60)46-25)14-22(38(56)44-12-11-43-37(55)21-7-9-23(49)10-8-21)15-27(36)63-31-17-26(33(52)29(18-48)64-31)62-28(40(58)59)13-20-5-3-2-4-6-20/h16,19-24,26-29,31-36,41,48-49,51-54H,2-15,17-18H2,1H3,(H,43,55)(H,44,56)(H,45,57)(H,58,59)(H2,46,47,50,60)/t19-,21?,22+,23?,24-,26+,27+,28-,29+,31+,32+,33+,34+,35-,36+,41-/m0/s1. The molecule has 1 aromatic rings. The number of carboxylic acids is 1. The van der Waals surface area contributed by atoms with Gasteiger partial charge in [0.2, 0.25) is 11.8 Å². The lowest BCUT2D eigenvalue weighted by atomic mass is 9.80. The Morgan fingerprint density at radius 3 is 2.11 bits per heavy atom. The highest BCUT2D eigenvalue weighted by atomic mass is 16.7. The number of hydrogen-bond acceptors (Lipinski definition) is 17. The number of aromatic nitrogens is 2. The molecule has 0 unspecified atom stereocenters. The van der Waals surface area contributed by atoms with Crippen LogP contribution in [0.5, 0.6) is 0 Å². The van der Waals surface area contributed by atoms with Gasteiger partial charge in [0.05, 0.1) is 37.1 Å². The molecule has 12 N–H and O–H groups in total. The quantitative estimate of drug-likeness (QED) is 0.0704. The van der Waals surface area contributed by atoms with Crippen LogP contribution in [-0.4, -0.2) is 175 Å². The number of carbonyl (C=O) groups is 4. The van der Waals surface area contributed by atoms with Gasteiger partial charge in [-0.1, -0.05) is 32.1 Å². The van der Waals surface area contributed by atoms with Crippen LogP contribution in [0.25, 0.3) is 0 Å². The zero-order valence-electron chi connectivity index (χ0n) is 36.3. The summed E-state index contributed by atoms with van der Waals surface area (Å²) in [6.07, 6.45) is -11.4. The maximum absolute atomic E-state index is 14.0. The van der Waals surface area contributed by atoms with E-state index in [1.165, 1.54) is 6.92 Å². The number of amides is 3. The summed E-state index contributed by atoms with van der Waals surface area (Å²) in [5, 5.41) is 81.9. The lowest BCUT2D eigenvalue weighted by molar-refractivity contribution is -0.331. The van der Waals surface area contributed by atoms with Crippen molar-refractivity contribution in [1.82, 2.24) is 25.9 Å². The van der Waals surface area contributed by atoms with E-state index in [-0.39, 0.29) is 56.5 Å². The van der Waals surface area contributed by atoms with Crippen LogP contribution in [0.2, 0.25) is 0 Å². The molecule has 23 nitrogen and oxygen atoms in total. The van der Waals surface area contributed by atoms with Crippen LogP contribution in [0.4, 0.5) is 0 Å². The first-order chi connectivity index (χ1) is 31.0. The Balaban J connectivity index is 1.26. The fourth-order valence-electron chi connectivity index (χ4n) is 9.62. The number of nitrogens with one attached hydrogen (secondary N) is 5. The topological polar surface area (TPSA) is 358 Å². The zero-order valence-corrected chi connectivity index (χ0v) is 36.3. The summed E-state index contributed by atoms with van der Waals surface area (Å²) < 4.78 is 30.6. The summed E-state index contributed by atoms with van der Waals surface area (Å²) in [5.74, 6) is -4.14. The van der Waals surface area contributed by atoms with Crippen molar-refractivity contribution in [2.75, 3.05) is 19.7 Å². The van der Waals surface area contributed by atoms with Crippen molar-refractivity contribution in [2.24, 2.45) is 17.8 Å². The molecule has 5 fully saturated rings. The van der Waals surface area contributed by atoms with E-state index in [1.807, 2.05) is 4.98 Å². The molecule has 0 bridgehead atoms. The highest BCUT2D eigenvalue weighted by molar-refractivity contribution is 5.92. The predicted molar refractivity (Wildman–Crippen MR) is 222 cm³/mol. The number of hydrogen-bond donors (Lipinski definition) is 12. The Labute approximate surface area is 373 Å². The number of aliphatic hydroxyl groups excluding tert-OH is 6. The van der Waals surface area contributed by atoms with E-state index in [9.17, 15) is 64.5 Å². The number of ether oxygens (including phenoxy) is 5. The summed E-state index contributed by atoms with van der Waals surface area (Å²) >= 11 is 0. The molecule has 3 aliphatic carbocycles. The fourth-order valence-corrected chi connectivity index (χ4v) is 9.62. The second kappa shape index (κ2) is 23.2. The Kier molecular flexibility index (Phi) is 18.1. The third kappa shape index (κ3) is 13.4. The number of aliphatic carboxylic acids is 1. The van der Waals surface area contributed by atoms with Gasteiger partial charge in [0, 0.05) is 37.4 Å². The van der Waals surface area contributed by atoms with Gasteiger partial charge in [-0.05, 0) is 57.8 Å². The maximum Gasteiger partial charge on any atom is 0.332 e. The highest BCUT2D eigenvalue weighted by Crippen LogP contribution is 2.37. The molecule has 366 valence electrons. The van der Waals surface area contributed by atoms with Gasteiger partial charge in [-0.3, -0.25) is 24.2 Å². The number of carbonyl (C=O) groups excluding carboxylic acids is 3. The van der Waals surface area contributed by atoms with Crippen molar-refractivity contribution < 1.29 is 78.6 Å². The SMILES string of the molecule is C[C@@H]1O[C@@H](O[C@@H]2[C@@H](NC(=O)c3cc(=O)[nH]c(=O)[nH]3)C[C@@H](C(=O)NCCNC(=O)C3CCC(O)CC3)C[C@H]2O[C@H]2C[C@@H](O[C@@H](CC3CCCCC3)C(=O)O)[C@@H](O)[C@@H](CO)O2)[C@@H](O)[C@H](O)[C@@H]1O. The number of aliphatic hydroxyl groups is 6. The van der Waals surface area contributed by atoms with Gasteiger partial charge >= 0.3 is 11.7 Å². The predicted octanol–water partition coefficient (Wildman–Crippen LogP) is -2.77. The number of carboxylic acid groups (broad SMARTS) is 1. The van der Waals surface area contributed by atoms with Crippen molar-refractivity contribution in [3.63, 3.8) is 0 Å². The van der Waals surface area contributed by atoms with E-state index in [2.05, 4.69) is 20.9 Å². The van der Waals surface area contributed by atoms with Crippen LogP contribution in [0.3, 0.4) is 0 Å². The molecule has 65 heavy (non-hydrogen) atoms. The van der Waals surface area contributed by atoms with Gasteiger partial charge in [-0.15, -0.1) is 0 Å². The first-order valence-corrected chi connectivity index (χ1v) is 22.7.